The van der Waals surface area contributed by atoms with Crippen LogP contribution in [0.15, 0.2) is 91.3 Å². The first-order chi connectivity index (χ1) is 16.6. The molecule has 1 N–H and O–H groups in total. The molecule has 2 atom stereocenters. The van der Waals surface area contributed by atoms with E-state index in [2.05, 4.69) is 46.4 Å². The van der Waals surface area contributed by atoms with Gasteiger partial charge in [0.1, 0.15) is 6.04 Å². The predicted molar refractivity (Wildman–Crippen MR) is 136 cm³/mol. The quantitative estimate of drug-likeness (QED) is 0.228. The maximum Gasteiger partial charge on any atom is 0.271 e. The molecule has 2 aromatic carbocycles. The number of nitro groups is 1. The first-order valence-electron chi connectivity index (χ1n) is 11.1. The number of pyridine rings is 1. The van der Waals surface area contributed by atoms with Gasteiger partial charge in [0.2, 0.25) is 0 Å². The van der Waals surface area contributed by atoms with Crippen LogP contribution < -0.4 is 10.2 Å². The Balaban J connectivity index is 1.65. The normalized spacial score (nSPS) is 17.6. The topological polar surface area (TPSA) is 76.2 Å². The molecule has 0 unspecified atom stereocenters. The standard InChI is InChI=1S/C26H23N5O2S/c1-2-18-11-13-19(14-12-18)30-25(24(28-26(30)34)22-9-3-4-15-27-22)23-10-6-16-29(23)20-7-5-8-21(17-20)31(32)33/h3-17,24-25H,2H2,1H3,(H,28,34)/t24-,25+/m0/s1. The Morgan fingerprint density at radius 1 is 1.03 bits per heavy atom. The van der Waals surface area contributed by atoms with E-state index in [1.165, 1.54) is 11.6 Å². The van der Waals surface area contributed by atoms with E-state index in [0.29, 0.717) is 10.8 Å². The van der Waals surface area contributed by atoms with E-state index in [0.717, 1.165) is 23.5 Å². The Hall–Kier alpha value is -4.04. The van der Waals surface area contributed by atoms with Crippen molar-refractivity contribution in [2.24, 2.45) is 0 Å². The molecular formula is C26H23N5O2S. The Morgan fingerprint density at radius 3 is 2.56 bits per heavy atom. The maximum atomic E-state index is 11.4. The van der Waals surface area contributed by atoms with Crippen LogP contribution in [-0.2, 0) is 6.42 Å². The Bertz CT molecular complexity index is 1340. The second kappa shape index (κ2) is 9.07. The van der Waals surface area contributed by atoms with E-state index in [1.807, 2.05) is 47.2 Å². The molecule has 0 radical (unpaired) electrons. The van der Waals surface area contributed by atoms with E-state index in [4.69, 9.17) is 12.2 Å². The van der Waals surface area contributed by atoms with Gasteiger partial charge in [0, 0.05) is 35.9 Å². The van der Waals surface area contributed by atoms with Crippen LogP contribution in [-0.4, -0.2) is 19.6 Å². The monoisotopic (exact) mass is 469 g/mol. The summed E-state index contributed by atoms with van der Waals surface area (Å²) in [5.74, 6) is 0. The summed E-state index contributed by atoms with van der Waals surface area (Å²) >= 11 is 5.82. The highest BCUT2D eigenvalue weighted by Gasteiger charge is 2.42. The fraction of sp³-hybridized carbons (Fsp3) is 0.154. The second-order valence-electron chi connectivity index (χ2n) is 8.10. The van der Waals surface area contributed by atoms with Crippen molar-refractivity contribution in [2.75, 3.05) is 4.90 Å². The lowest BCUT2D eigenvalue weighted by atomic mass is 10.0. The SMILES string of the molecule is CCc1ccc(N2C(=S)N[C@@H](c3ccccn3)[C@H]2c2cccn2-c2cccc([N+](=O)[O-])c2)cc1. The number of nitrogens with one attached hydrogen (secondary N) is 1. The van der Waals surface area contributed by atoms with E-state index >= 15 is 0 Å². The zero-order valence-electron chi connectivity index (χ0n) is 18.5. The summed E-state index contributed by atoms with van der Waals surface area (Å²) in [7, 11) is 0. The van der Waals surface area contributed by atoms with Crippen molar-refractivity contribution in [1.82, 2.24) is 14.9 Å². The highest BCUT2D eigenvalue weighted by Crippen LogP contribution is 2.42. The first kappa shape index (κ1) is 21.8. The van der Waals surface area contributed by atoms with E-state index in [9.17, 15) is 10.1 Å². The molecule has 3 heterocycles. The number of benzene rings is 2. The van der Waals surface area contributed by atoms with Crippen LogP contribution in [0, 0.1) is 10.1 Å². The van der Waals surface area contributed by atoms with Crippen molar-refractivity contribution in [3.63, 3.8) is 0 Å². The fourth-order valence-electron chi connectivity index (χ4n) is 4.45. The average molecular weight is 470 g/mol. The molecule has 34 heavy (non-hydrogen) atoms. The smallest absolute Gasteiger partial charge is 0.271 e. The largest absolute Gasteiger partial charge is 0.351 e. The summed E-state index contributed by atoms with van der Waals surface area (Å²) < 4.78 is 1.98. The van der Waals surface area contributed by atoms with Crippen molar-refractivity contribution < 1.29 is 4.92 Å². The number of hydrogen-bond donors (Lipinski definition) is 1. The molecule has 7 nitrogen and oxygen atoms in total. The van der Waals surface area contributed by atoms with Crippen LogP contribution in [0.5, 0.6) is 0 Å². The molecular weight excluding hydrogens is 446 g/mol. The van der Waals surface area contributed by atoms with Gasteiger partial charge in [-0.3, -0.25) is 15.1 Å². The molecule has 8 heteroatoms. The number of nitrogens with zero attached hydrogens (tertiary/aromatic N) is 4. The minimum Gasteiger partial charge on any atom is -0.351 e. The van der Waals surface area contributed by atoms with Crippen molar-refractivity contribution in [3.8, 4) is 5.69 Å². The summed E-state index contributed by atoms with van der Waals surface area (Å²) in [5.41, 5.74) is 4.81. The Kier molecular flexibility index (Phi) is 5.81. The van der Waals surface area contributed by atoms with Gasteiger partial charge in [-0.25, -0.2) is 0 Å². The molecule has 2 aromatic heterocycles. The van der Waals surface area contributed by atoms with Crippen molar-refractivity contribution in [1.29, 1.82) is 0 Å². The highest BCUT2D eigenvalue weighted by atomic mass is 32.1. The van der Waals surface area contributed by atoms with Crippen molar-refractivity contribution in [2.45, 2.75) is 25.4 Å². The average Bonchev–Trinajstić information content (AvgIpc) is 3.49. The molecule has 1 aliphatic rings. The molecule has 0 aliphatic carbocycles. The number of hydrogen-bond acceptors (Lipinski definition) is 4. The molecule has 0 bridgehead atoms. The molecule has 0 spiro atoms. The van der Waals surface area contributed by atoms with Gasteiger partial charge in [0.25, 0.3) is 5.69 Å². The lowest BCUT2D eigenvalue weighted by Gasteiger charge is -2.29. The molecule has 1 fully saturated rings. The number of aryl methyl sites for hydroxylation is 1. The Morgan fingerprint density at radius 2 is 1.85 bits per heavy atom. The van der Waals surface area contributed by atoms with Gasteiger partial charge in [-0.05, 0) is 66.7 Å². The van der Waals surface area contributed by atoms with Gasteiger partial charge in [0.15, 0.2) is 5.11 Å². The number of anilines is 1. The van der Waals surface area contributed by atoms with Crippen LogP contribution in [0.3, 0.4) is 0 Å². The molecule has 1 aliphatic heterocycles. The van der Waals surface area contributed by atoms with Crippen LogP contribution in [0.2, 0.25) is 0 Å². The summed E-state index contributed by atoms with van der Waals surface area (Å²) in [6.07, 6.45) is 4.65. The van der Waals surface area contributed by atoms with Gasteiger partial charge in [0.05, 0.1) is 22.3 Å². The summed E-state index contributed by atoms with van der Waals surface area (Å²) in [6, 6.07) is 24.4. The van der Waals surface area contributed by atoms with E-state index < -0.39 is 0 Å². The zero-order chi connectivity index (χ0) is 23.7. The molecule has 0 amide bonds. The Labute approximate surface area is 202 Å². The summed E-state index contributed by atoms with van der Waals surface area (Å²) in [5, 5.41) is 15.5. The third kappa shape index (κ3) is 3.92. The van der Waals surface area contributed by atoms with Crippen LogP contribution in [0.1, 0.15) is 36.0 Å². The third-order valence-corrected chi connectivity index (χ3v) is 6.44. The fourth-order valence-corrected chi connectivity index (χ4v) is 4.80. The number of rotatable bonds is 6. The molecule has 170 valence electrons. The van der Waals surface area contributed by atoms with Gasteiger partial charge in [-0.15, -0.1) is 0 Å². The number of thiocarbonyl (C=S) groups is 1. The third-order valence-electron chi connectivity index (χ3n) is 6.12. The molecule has 4 aromatic rings. The summed E-state index contributed by atoms with van der Waals surface area (Å²) in [6.45, 7) is 2.13. The number of non-ortho nitro benzene ring substituents is 1. The van der Waals surface area contributed by atoms with Gasteiger partial charge >= 0.3 is 0 Å². The van der Waals surface area contributed by atoms with Gasteiger partial charge < -0.3 is 14.8 Å². The van der Waals surface area contributed by atoms with Gasteiger partial charge in [-0.1, -0.05) is 31.2 Å². The van der Waals surface area contributed by atoms with Crippen molar-refractivity contribution >= 4 is 28.7 Å². The highest BCUT2D eigenvalue weighted by molar-refractivity contribution is 7.80. The molecule has 0 saturated carbocycles. The number of aromatic nitrogens is 2. The first-order valence-corrected chi connectivity index (χ1v) is 11.5. The second-order valence-corrected chi connectivity index (χ2v) is 8.48. The summed E-state index contributed by atoms with van der Waals surface area (Å²) in [4.78, 5) is 17.7. The minimum absolute atomic E-state index is 0.0468. The van der Waals surface area contributed by atoms with Crippen molar-refractivity contribution in [3.05, 3.63) is 118 Å². The van der Waals surface area contributed by atoms with E-state index in [1.54, 1.807) is 18.3 Å². The maximum absolute atomic E-state index is 11.4. The lowest BCUT2D eigenvalue weighted by Crippen LogP contribution is -2.30. The van der Waals surface area contributed by atoms with Crippen LogP contribution in [0.25, 0.3) is 5.69 Å². The predicted octanol–water partition coefficient (Wildman–Crippen LogP) is 5.52. The van der Waals surface area contributed by atoms with Gasteiger partial charge in [-0.2, -0.15) is 0 Å². The van der Waals surface area contributed by atoms with Crippen LogP contribution in [0.4, 0.5) is 11.4 Å². The number of nitro benzene ring substituents is 1. The molecule has 5 rings (SSSR count). The minimum atomic E-state index is -0.378. The van der Waals surface area contributed by atoms with Crippen LogP contribution >= 0.6 is 12.2 Å². The lowest BCUT2D eigenvalue weighted by molar-refractivity contribution is -0.384. The zero-order valence-corrected chi connectivity index (χ0v) is 19.4. The molecule has 1 saturated heterocycles. The van der Waals surface area contributed by atoms with E-state index in [-0.39, 0.29) is 22.7 Å².